The molecule has 0 aromatic heterocycles. The van der Waals surface area contributed by atoms with Gasteiger partial charge in [-0.1, -0.05) is 27.7 Å². The molecule has 0 unspecified atom stereocenters. The van der Waals surface area contributed by atoms with E-state index in [4.69, 9.17) is 0 Å². The van der Waals surface area contributed by atoms with Gasteiger partial charge in [0.15, 0.2) is 0 Å². The second-order valence-corrected chi connectivity index (χ2v) is 3.02. The van der Waals surface area contributed by atoms with Crippen molar-refractivity contribution in [2.24, 2.45) is 0 Å². The maximum Gasteiger partial charge on any atom is 0.471 e. The standard InChI is InChI=1S/C9H6F5NO.2C2H6/c1-4-6(10)2-5(3-7(4)11)15-8(16)9(12,13)14;2*1-2/h2-3H,1H3,(H,15,16);2*1-2H3. The van der Waals surface area contributed by atoms with Crippen LogP contribution in [0.3, 0.4) is 0 Å². The number of nitrogens with one attached hydrogen (secondary N) is 1. The van der Waals surface area contributed by atoms with E-state index in [2.05, 4.69) is 0 Å². The molecule has 0 fully saturated rings. The molecule has 1 N–H and O–H groups in total. The second-order valence-electron chi connectivity index (χ2n) is 3.02. The molecule has 2 nitrogen and oxygen atoms in total. The Bertz CT molecular complexity index is 406. The molecular weight excluding hydrogens is 281 g/mol. The van der Waals surface area contributed by atoms with Crippen molar-refractivity contribution < 1.29 is 26.7 Å². The Morgan fingerprint density at radius 3 is 1.65 bits per heavy atom. The summed E-state index contributed by atoms with van der Waals surface area (Å²) in [6.45, 7) is 9.13. The van der Waals surface area contributed by atoms with Gasteiger partial charge >= 0.3 is 12.1 Å². The summed E-state index contributed by atoms with van der Waals surface area (Å²) in [7, 11) is 0. The lowest BCUT2D eigenvalue weighted by atomic mass is 10.2. The van der Waals surface area contributed by atoms with E-state index in [-0.39, 0.29) is 5.56 Å². The topological polar surface area (TPSA) is 29.1 Å². The van der Waals surface area contributed by atoms with Crippen molar-refractivity contribution in [1.82, 2.24) is 0 Å². The maximum absolute atomic E-state index is 12.9. The lowest BCUT2D eigenvalue weighted by molar-refractivity contribution is -0.167. The van der Waals surface area contributed by atoms with Gasteiger partial charge in [0.25, 0.3) is 0 Å². The molecule has 20 heavy (non-hydrogen) atoms. The third kappa shape index (κ3) is 6.49. The average molecular weight is 299 g/mol. The van der Waals surface area contributed by atoms with Crippen LogP contribution in [0.15, 0.2) is 12.1 Å². The lowest BCUT2D eigenvalue weighted by Gasteiger charge is -2.09. The van der Waals surface area contributed by atoms with Crippen molar-refractivity contribution in [1.29, 1.82) is 0 Å². The zero-order valence-electron chi connectivity index (χ0n) is 12.0. The summed E-state index contributed by atoms with van der Waals surface area (Å²) < 4.78 is 61.3. The highest BCUT2D eigenvalue weighted by atomic mass is 19.4. The molecule has 116 valence electrons. The molecule has 0 aliphatic heterocycles. The highest BCUT2D eigenvalue weighted by Gasteiger charge is 2.38. The monoisotopic (exact) mass is 299 g/mol. The molecule has 1 rings (SSSR count). The minimum absolute atomic E-state index is 0.329. The van der Waals surface area contributed by atoms with Gasteiger partial charge in [-0.2, -0.15) is 13.2 Å². The summed E-state index contributed by atoms with van der Waals surface area (Å²) in [6.07, 6.45) is -5.10. The van der Waals surface area contributed by atoms with Gasteiger partial charge in [0.05, 0.1) is 0 Å². The number of carbonyl (C=O) groups excluding carboxylic acids is 1. The first-order chi connectivity index (χ1) is 9.21. The molecule has 0 atom stereocenters. The molecule has 0 saturated heterocycles. The number of benzene rings is 1. The number of alkyl halides is 3. The fraction of sp³-hybridized carbons (Fsp3) is 0.462. The molecule has 0 heterocycles. The summed E-state index contributed by atoms with van der Waals surface area (Å²) in [5.41, 5.74) is -0.909. The van der Waals surface area contributed by atoms with Crippen LogP contribution in [0, 0.1) is 18.6 Å². The highest BCUT2D eigenvalue weighted by molar-refractivity contribution is 5.94. The van der Waals surface area contributed by atoms with Gasteiger partial charge in [-0.05, 0) is 19.1 Å². The number of hydrogen-bond donors (Lipinski definition) is 1. The number of rotatable bonds is 1. The van der Waals surface area contributed by atoms with Crippen molar-refractivity contribution in [3.63, 3.8) is 0 Å². The summed E-state index contributed by atoms with van der Waals surface area (Å²) in [5.74, 6) is -4.34. The van der Waals surface area contributed by atoms with E-state index < -0.39 is 29.4 Å². The number of anilines is 1. The molecule has 0 aliphatic carbocycles. The van der Waals surface area contributed by atoms with Gasteiger partial charge in [0.2, 0.25) is 0 Å². The Morgan fingerprint density at radius 2 is 1.35 bits per heavy atom. The predicted octanol–water partition coefficient (Wildman–Crippen LogP) is 4.83. The fourth-order valence-electron chi connectivity index (χ4n) is 0.919. The first kappa shape index (κ1) is 20.7. The number of carbonyl (C=O) groups is 1. The molecule has 1 aromatic carbocycles. The minimum atomic E-state index is -5.10. The van der Waals surface area contributed by atoms with Gasteiger partial charge < -0.3 is 5.32 Å². The third-order valence-corrected chi connectivity index (χ3v) is 1.80. The smallest absolute Gasteiger partial charge is 0.318 e. The van der Waals surface area contributed by atoms with E-state index in [1.54, 1.807) is 0 Å². The zero-order chi connectivity index (χ0) is 16.5. The summed E-state index contributed by atoms with van der Waals surface area (Å²) in [5, 5.41) is 1.35. The molecule has 0 spiro atoms. The molecule has 7 heteroatoms. The highest BCUT2D eigenvalue weighted by Crippen LogP contribution is 2.21. The van der Waals surface area contributed by atoms with Crippen LogP contribution in [-0.2, 0) is 4.79 Å². The van der Waals surface area contributed by atoms with E-state index >= 15 is 0 Å². The molecule has 0 saturated carbocycles. The summed E-state index contributed by atoms with van der Waals surface area (Å²) in [6, 6.07) is 1.23. The van der Waals surface area contributed by atoms with Crippen molar-refractivity contribution in [2.45, 2.75) is 40.8 Å². The SMILES string of the molecule is CC.CC.Cc1c(F)cc(NC(=O)C(F)(F)F)cc1F. The largest absolute Gasteiger partial charge is 0.471 e. The fourth-order valence-corrected chi connectivity index (χ4v) is 0.919. The van der Waals surface area contributed by atoms with Crippen LogP contribution >= 0.6 is 0 Å². The van der Waals surface area contributed by atoms with Crippen LogP contribution in [0.25, 0.3) is 0 Å². The Kier molecular flexibility index (Phi) is 9.58. The Morgan fingerprint density at radius 1 is 1.00 bits per heavy atom. The Labute approximate surface area is 115 Å². The van der Waals surface area contributed by atoms with E-state index in [0.717, 1.165) is 6.92 Å². The van der Waals surface area contributed by atoms with Crippen molar-refractivity contribution in [3.05, 3.63) is 29.3 Å². The van der Waals surface area contributed by atoms with Crippen LogP contribution in [0.5, 0.6) is 0 Å². The van der Waals surface area contributed by atoms with E-state index in [0.29, 0.717) is 12.1 Å². The first-order valence-corrected chi connectivity index (χ1v) is 6.05. The molecule has 0 aliphatic rings. The lowest BCUT2D eigenvalue weighted by Crippen LogP contribution is -2.30. The molecule has 1 amide bonds. The minimum Gasteiger partial charge on any atom is -0.318 e. The second kappa shape index (κ2) is 9.28. The van der Waals surface area contributed by atoms with Crippen molar-refractivity contribution >= 4 is 11.6 Å². The van der Waals surface area contributed by atoms with Crippen molar-refractivity contribution in [3.8, 4) is 0 Å². The zero-order valence-corrected chi connectivity index (χ0v) is 12.0. The van der Waals surface area contributed by atoms with Gasteiger partial charge in [-0.3, -0.25) is 4.79 Å². The Balaban J connectivity index is 0. The molecule has 0 bridgehead atoms. The third-order valence-electron chi connectivity index (χ3n) is 1.80. The summed E-state index contributed by atoms with van der Waals surface area (Å²) >= 11 is 0. The molecule has 1 aromatic rings. The molecule has 0 radical (unpaired) electrons. The maximum atomic E-state index is 12.9. The normalized spacial score (nSPS) is 9.70. The predicted molar refractivity (Wildman–Crippen MR) is 68.5 cm³/mol. The Hall–Kier alpha value is -1.66. The molecular formula is C13H18F5NO. The van der Waals surface area contributed by atoms with Crippen molar-refractivity contribution in [2.75, 3.05) is 5.32 Å². The number of hydrogen-bond acceptors (Lipinski definition) is 1. The van der Waals surface area contributed by atoms with Crippen LogP contribution in [-0.4, -0.2) is 12.1 Å². The number of amides is 1. The van der Waals surface area contributed by atoms with Gasteiger partial charge in [0.1, 0.15) is 11.6 Å². The number of halogens is 5. The summed E-state index contributed by atoms with van der Waals surface area (Å²) in [4.78, 5) is 10.5. The van der Waals surface area contributed by atoms with E-state index in [1.807, 2.05) is 27.7 Å². The first-order valence-electron chi connectivity index (χ1n) is 6.05. The van der Waals surface area contributed by atoms with Crippen LogP contribution in [0.4, 0.5) is 27.6 Å². The van der Waals surface area contributed by atoms with E-state index in [9.17, 15) is 26.7 Å². The van der Waals surface area contributed by atoms with Gasteiger partial charge in [-0.15, -0.1) is 0 Å². The average Bonchev–Trinajstić information content (AvgIpc) is 2.39. The van der Waals surface area contributed by atoms with Crippen LogP contribution in [0.1, 0.15) is 33.3 Å². The quantitative estimate of drug-likeness (QED) is 0.740. The van der Waals surface area contributed by atoms with Crippen LogP contribution < -0.4 is 5.32 Å². The van der Waals surface area contributed by atoms with Gasteiger partial charge in [0, 0.05) is 11.3 Å². The van der Waals surface area contributed by atoms with E-state index in [1.165, 1.54) is 5.32 Å². The van der Waals surface area contributed by atoms with Crippen LogP contribution in [0.2, 0.25) is 0 Å². The van der Waals surface area contributed by atoms with Gasteiger partial charge in [-0.25, -0.2) is 8.78 Å².